The molecule has 1 aromatic carbocycles. The van der Waals surface area contributed by atoms with Crippen LogP contribution in [0.1, 0.15) is 18.1 Å². The second-order valence-electron chi connectivity index (χ2n) is 6.23. The van der Waals surface area contributed by atoms with E-state index in [1.54, 1.807) is 0 Å². The van der Waals surface area contributed by atoms with Gasteiger partial charge in [0.1, 0.15) is 5.70 Å². The number of likely N-dealkylation sites (N-methyl/N-ethyl adjacent to an activating group) is 2. The van der Waals surface area contributed by atoms with Gasteiger partial charge in [0.2, 0.25) is 0 Å². The molecule has 0 N–H and O–H groups in total. The van der Waals surface area contributed by atoms with Gasteiger partial charge in [0.25, 0.3) is 11.8 Å². The highest BCUT2D eigenvalue weighted by Crippen LogP contribution is 2.32. The Morgan fingerprint density at radius 1 is 0.957 bits per heavy atom. The van der Waals surface area contributed by atoms with Gasteiger partial charge >= 0.3 is 0 Å². The van der Waals surface area contributed by atoms with Crippen LogP contribution >= 0.6 is 0 Å². The zero-order valence-electron chi connectivity index (χ0n) is 14.0. The van der Waals surface area contributed by atoms with Gasteiger partial charge in [0.15, 0.2) is 0 Å². The van der Waals surface area contributed by atoms with E-state index < -0.39 is 0 Å². The van der Waals surface area contributed by atoms with Crippen molar-refractivity contribution >= 4 is 17.4 Å². The number of carbonyl (C=O) groups excluding carboxylic acids is 2. The van der Waals surface area contributed by atoms with Crippen LogP contribution in [0.4, 0.5) is 0 Å². The van der Waals surface area contributed by atoms with E-state index in [1.807, 2.05) is 38.1 Å². The molecule has 0 saturated carbocycles. The summed E-state index contributed by atoms with van der Waals surface area (Å²) in [6, 6.07) is 7.84. The van der Waals surface area contributed by atoms with Gasteiger partial charge in [-0.1, -0.05) is 29.8 Å². The number of piperazine rings is 1. The van der Waals surface area contributed by atoms with Crippen molar-refractivity contribution < 1.29 is 9.59 Å². The van der Waals surface area contributed by atoms with E-state index in [-0.39, 0.29) is 11.8 Å². The third-order valence-electron chi connectivity index (χ3n) is 4.62. The molecule has 0 bridgehead atoms. The number of imide groups is 1. The fourth-order valence-electron chi connectivity index (χ4n) is 3.15. The molecule has 1 fully saturated rings. The molecule has 1 aromatic rings. The van der Waals surface area contributed by atoms with Crippen LogP contribution in [0.25, 0.3) is 5.57 Å². The Hall–Kier alpha value is -2.14. The fourth-order valence-corrected chi connectivity index (χ4v) is 3.15. The Kier molecular flexibility index (Phi) is 4.22. The van der Waals surface area contributed by atoms with E-state index in [9.17, 15) is 9.59 Å². The molecule has 0 aromatic heterocycles. The first kappa shape index (κ1) is 15.7. The summed E-state index contributed by atoms with van der Waals surface area (Å²) in [7, 11) is 2.08. The zero-order chi connectivity index (χ0) is 16.6. The minimum atomic E-state index is -0.171. The van der Waals surface area contributed by atoms with Crippen molar-refractivity contribution in [3.05, 3.63) is 41.1 Å². The molecule has 23 heavy (non-hydrogen) atoms. The maximum Gasteiger partial charge on any atom is 0.277 e. The monoisotopic (exact) mass is 313 g/mol. The topological polar surface area (TPSA) is 43.9 Å². The number of amides is 2. The molecule has 0 aliphatic carbocycles. The fraction of sp³-hybridized carbons (Fsp3) is 0.444. The van der Waals surface area contributed by atoms with Gasteiger partial charge < -0.3 is 9.80 Å². The summed E-state index contributed by atoms with van der Waals surface area (Å²) < 4.78 is 0. The second kappa shape index (κ2) is 6.16. The van der Waals surface area contributed by atoms with Gasteiger partial charge in [-0.05, 0) is 26.5 Å². The third kappa shape index (κ3) is 2.77. The molecule has 0 radical (unpaired) electrons. The van der Waals surface area contributed by atoms with Gasteiger partial charge in [-0.15, -0.1) is 0 Å². The van der Waals surface area contributed by atoms with Crippen LogP contribution in [0.5, 0.6) is 0 Å². The van der Waals surface area contributed by atoms with Crippen LogP contribution in [0.2, 0.25) is 0 Å². The first-order chi connectivity index (χ1) is 11.0. The highest BCUT2D eigenvalue weighted by atomic mass is 16.2. The van der Waals surface area contributed by atoms with Crippen LogP contribution in [0.3, 0.4) is 0 Å². The minimum absolute atomic E-state index is 0.155. The first-order valence-corrected chi connectivity index (χ1v) is 8.14. The van der Waals surface area contributed by atoms with Crippen LogP contribution in [-0.2, 0) is 9.59 Å². The SMILES string of the molecule is CCN1C(=O)C(c2ccc(C)cc2)=C(N2CCN(C)CC2)C1=O. The lowest BCUT2D eigenvalue weighted by Gasteiger charge is -2.34. The van der Waals surface area contributed by atoms with Gasteiger partial charge in [-0.25, -0.2) is 0 Å². The number of hydrogen-bond donors (Lipinski definition) is 0. The number of aryl methyl sites for hydroxylation is 1. The maximum absolute atomic E-state index is 12.8. The summed E-state index contributed by atoms with van der Waals surface area (Å²) in [5.41, 5.74) is 3.11. The Balaban J connectivity index is 2.05. The average Bonchev–Trinajstić information content (AvgIpc) is 2.79. The summed E-state index contributed by atoms with van der Waals surface area (Å²) in [5.74, 6) is -0.326. The van der Waals surface area contributed by atoms with Gasteiger partial charge in [-0.3, -0.25) is 14.5 Å². The average molecular weight is 313 g/mol. The number of benzene rings is 1. The van der Waals surface area contributed by atoms with Crippen molar-refractivity contribution in [2.24, 2.45) is 0 Å². The van der Waals surface area contributed by atoms with Crippen LogP contribution in [0.15, 0.2) is 30.0 Å². The zero-order valence-corrected chi connectivity index (χ0v) is 14.0. The maximum atomic E-state index is 12.8. The van der Waals surface area contributed by atoms with E-state index >= 15 is 0 Å². The van der Waals surface area contributed by atoms with Crippen LogP contribution < -0.4 is 0 Å². The second-order valence-corrected chi connectivity index (χ2v) is 6.23. The van der Waals surface area contributed by atoms with Crippen molar-refractivity contribution in [1.82, 2.24) is 14.7 Å². The summed E-state index contributed by atoms with van der Waals surface area (Å²) in [6.45, 7) is 7.62. The van der Waals surface area contributed by atoms with Crippen LogP contribution in [-0.4, -0.2) is 66.3 Å². The summed E-state index contributed by atoms with van der Waals surface area (Å²) >= 11 is 0. The Labute approximate surface area is 137 Å². The molecule has 2 aliphatic rings. The lowest BCUT2D eigenvalue weighted by atomic mass is 10.0. The number of hydrogen-bond acceptors (Lipinski definition) is 4. The molecule has 122 valence electrons. The molecule has 0 unspecified atom stereocenters. The Morgan fingerprint density at radius 3 is 2.13 bits per heavy atom. The van der Waals surface area contributed by atoms with Crippen molar-refractivity contribution in [2.45, 2.75) is 13.8 Å². The van der Waals surface area contributed by atoms with E-state index in [0.717, 1.165) is 37.3 Å². The number of nitrogens with zero attached hydrogens (tertiary/aromatic N) is 3. The van der Waals surface area contributed by atoms with Crippen LogP contribution in [0, 0.1) is 6.92 Å². The molecule has 2 heterocycles. The summed E-state index contributed by atoms with van der Waals surface area (Å²) in [5, 5.41) is 0. The van der Waals surface area contributed by atoms with Crippen molar-refractivity contribution in [1.29, 1.82) is 0 Å². The smallest absolute Gasteiger partial charge is 0.277 e. The molecule has 0 atom stereocenters. The summed E-state index contributed by atoms with van der Waals surface area (Å²) in [6.07, 6.45) is 0. The normalized spacial score (nSPS) is 20.0. The first-order valence-electron chi connectivity index (χ1n) is 8.14. The van der Waals surface area contributed by atoms with Crippen molar-refractivity contribution in [3.63, 3.8) is 0 Å². The minimum Gasteiger partial charge on any atom is -0.364 e. The molecule has 3 rings (SSSR count). The lowest BCUT2D eigenvalue weighted by Crippen LogP contribution is -2.46. The highest BCUT2D eigenvalue weighted by Gasteiger charge is 2.41. The molecule has 0 spiro atoms. The van der Waals surface area contributed by atoms with Gasteiger partial charge in [-0.2, -0.15) is 0 Å². The van der Waals surface area contributed by atoms with Crippen molar-refractivity contribution in [2.75, 3.05) is 39.8 Å². The Morgan fingerprint density at radius 2 is 1.57 bits per heavy atom. The molecule has 1 saturated heterocycles. The molecular weight excluding hydrogens is 290 g/mol. The van der Waals surface area contributed by atoms with Gasteiger partial charge in [0.05, 0.1) is 5.57 Å². The molecule has 5 heteroatoms. The third-order valence-corrected chi connectivity index (χ3v) is 4.62. The lowest BCUT2D eigenvalue weighted by molar-refractivity contribution is -0.137. The van der Waals surface area contributed by atoms with E-state index in [1.165, 1.54) is 4.90 Å². The van der Waals surface area contributed by atoms with Gasteiger partial charge in [0, 0.05) is 32.7 Å². The van der Waals surface area contributed by atoms with E-state index in [2.05, 4.69) is 16.8 Å². The number of carbonyl (C=O) groups is 2. The summed E-state index contributed by atoms with van der Waals surface area (Å²) in [4.78, 5) is 31.2. The molecule has 2 amide bonds. The molecular formula is C18H23N3O2. The van der Waals surface area contributed by atoms with Crippen molar-refractivity contribution in [3.8, 4) is 0 Å². The number of rotatable bonds is 3. The molecule has 2 aliphatic heterocycles. The predicted molar refractivity (Wildman–Crippen MR) is 89.6 cm³/mol. The predicted octanol–water partition coefficient (Wildman–Crippen LogP) is 1.34. The molecule has 5 nitrogen and oxygen atoms in total. The Bertz CT molecular complexity index is 655. The largest absolute Gasteiger partial charge is 0.364 e. The standard InChI is InChI=1S/C18H23N3O2/c1-4-21-17(22)15(14-7-5-13(2)6-8-14)16(18(21)23)20-11-9-19(3)10-12-20/h5-8H,4,9-12H2,1-3H3. The highest BCUT2D eigenvalue weighted by molar-refractivity contribution is 6.35. The van der Waals surface area contributed by atoms with E-state index in [4.69, 9.17) is 0 Å². The quantitative estimate of drug-likeness (QED) is 0.790. The van der Waals surface area contributed by atoms with E-state index in [0.29, 0.717) is 17.8 Å².